The van der Waals surface area contributed by atoms with Gasteiger partial charge in [0.15, 0.2) is 5.82 Å². The zero-order chi connectivity index (χ0) is 16.8. The van der Waals surface area contributed by atoms with E-state index in [1.54, 1.807) is 11.8 Å². The minimum atomic E-state index is 0.455. The van der Waals surface area contributed by atoms with Gasteiger partial charge in [-0.15, -0.1) is 5.10 Å². The molecular formula is C18H22ClN5. The van der Waals surface area contributed by atoms with Crippen LogP contribution in [0.15, 0.2) is 36.0 Å². The van der Waals surface area contributed by atoms with Crippen LogP contribution >= 0.6 is 11.6 Å². The molecule has 0 aliphatic heterocycles. The Morgan fingerprint density at radius 3 is 2.96 bits per heavy atom. The topological polar surface area (TPSA) is 62.7 Å². The number of hydrogen-bond acceptors (Lipinski definition) is 5. The van der Waals surface area contributed by atoms with Gasteiger partial charge in [0.1, 0.15) is 0 Å². The molecule has 0 unspecified atom stereocenters. The van der Waals surface area contributed by atoms with Crippen molar-refractivity contribution in [2.75, 3.05) is 17.2 Å². The maximum absolute atomic E-state index is 6.14. The number of rotatable bonds is 6. The zero-order valence-electron chi connectivity index (χ0n) is 13.8. The summed E-state index contributed by atoms with van der Waals surface area (Å²) in [6, 6.07) is 5.76. The maximum Gasteiger partial charge on any atom is 0.249 e. The van der Waals surface area contributed by atoms with Gasteiger partial charge in [-0.3, -0.25) is 0 Å². The third kappa shape index (κ3) is 4.68. The summed E-state index contributed by atoms with van der Waals surface area (Å²) < 4.78 is 0. The molecule has 5 nitrogen and oxygen atoms in total. The minimum Gasteiger partial charge on any atom is -0.368 e. The summed E-state index contributed by atoms with van der Waals surface area (Å²) in [7, 11) is 0. The standard InChI is InChI=1S/C18H22ClN5/c1-13-7-8-15(11-16(13)19)22-18-23-17(12-21-24-18)20-10-9-14-5-3-2-4-6-14/h5,7-8,11-12H,2-4,6,9-10H2,1H3,(H2,20,22,23,24). The van der Waals surface area contributed by atoms with E-state index in [0.717, 1.165) is 30.0 Å². The molecule has 0 bridgehead atoms. The average molecular weight is 344 g/mol. The summed E-state index contributed by atoms with van der Waals surface area (Å²) in [5.41, 5.74) is 3.43. The number of anilines is 3. The molecular weight excluding hydrogens is 322 g/mol. The highest BCUT2D eigenvalue weighted by Gasteiger charge is 2.05. The molecule has 0 amide bonds. The van der Waals surface area contributed by atoms with Crippen molar-refractivity contribution in [3.63, 3.8) is 0 Å². The van der Waals surface area contributed by atoms with Gasteiger partial charge in [0.05, 0.1) is 6.20 Å². The Morgan fingerprint density at radius 2 is 2.17 bits per heavy atom. The van der Waals surface area contributed by atoms with E-state index in [0.29, 0.717) is 11.0 Å². The molecule has 3 rings (SSSR count). The molecule has 1 aliphatic carbocycles. The number of allylic oxidation sites excluding steroid dienone is 1. The van der Waals surface area contributed by atoms with E-state index in [4.69, 9.17) is 11.6 Å². The Kier molecular flexibility index (Phi) is 5.64. The minimum absolute atomic E-state index is 0.455. The molecule has 0 atom stereocenters. The van der Waals surface area contributed by atoms with Gasteiger partial charge in [-0.1, -0.05) is 29.3 Å². The van der Waals surface area contributed by atoms with Crippen molar-refractivity contribution < 1.29 is 0 Å². The molecule has 126 valence electrons. The van der Waals surface area contributed by atoms with E-state index in [2.05, 4.69) is 31.9 Å². The van der Waals surface area contributed by atoms with Gasteiger partial charge >= 0.3 is 0 Å². The van der Waals surface area contributed by atoms with E-state index in [9.17, 15) is 0 Å². The quantitative estimate of drug-likeness (QED) is 0.732. The van der Waals surface area contributed by atoms with Crippen LogP contribution in [-0.4, -0.2) is 21.7 Å². The van der Waals surface area contributed by atoms with Crippen molar-refractivity contribution in [2.24, 2.45) is 0 Å². The van der Waals surface area contributed by atoms with Crippen molar-refractivity contribution in [1.29, 1.82) is 0 Å². The first kappa shape index (κ1) is 16.7. The van der Waals surface area contributed by atoms with Crippen molar-refractivity contribution >= 4 is 29.1 Å². The molecule has 0 saturated carbocycles. The van der Waals surface area contributed by atoms with Crippen LogP contribution in [0, 0.1) is 6.92 Å². The van der Waals surface area contributed by atoms with Crippen LogP contribution in [-0.2, 0) is 0 Å². The summed E-state index contributed by atoms with van der Waals surface area (Å²) >= 11 is 6.14. The highest BCUT2D eigenvalue weighted by atomic mass is 35.5. The average Bonchev–Trinajstić information content (AvgIpc) is 2.60. The molecule has 0 fully saturated rings. The first-order chi connectivity index (χ1) is 11.7. The van der Waals surface area contributed by atoms with Gasteiger partial charge in [-0.2, -0.15) is 10.1 Å². The Labute approximate surface area is 147 Å². The van der Waals surface area contributed by atoms with E-state index < -0.39 is 0 Å². The zero-order valence-corrected chi connectivity index (χ0v) is 14.6. The maximum atomic E-state index is 6.14. The fourth-order valence-electron chi connectivity index (χ4n) is 2.72. The van der Waals surface area contributed by atoms with Gasteiger partial charge in [-0.05, 0) is 56.7 Å². The molecule has 2 aromatic rings. The molecule has 1 heterocycles. The molecule has 0 spiro atoms. The second kappa shape index (κ2) is 8.11. The summed E-state index contributed by atoms with van der Waals surface area (Å²) in [6.45, 7) is 2.83. The molecule has 24 heavy (non-hydrogen) atoms. The van der Waals surface area contributed by atoms with Crippen LogP contribution in [0.2, 0.25) is 5.02 Å². The van der Waals surface area contributed by atoms with Gasteiger partial charge in [-0.25, -0.2) is 0 Å². The van der Waals surface area contributed by atoms with Crippen molar-refractivity contribution in [3.05, 3.63) is 46.6 Å². The number of nitrogens with one attached hydrogen (secondary N) is 2. The molecule has 0 radical (unpaired) electrons. The summed E-state index contributed by atoms with van der Waals surface area (Å²) in [5.74, 6) is 1.18. The first-order valence-electron chi connectivity index (χ1n) is 8.35. The second-order valence-electron chi connectivity index (χ2n) is 6.04. The van der Waals surface area contributed by atoms with Crippen LogP contribution < -0.4 is 10.6 Å². The van der Waals surface area contributed by atoms with Gasteiger partial charge in [0.25, 0.3) is 0 Å². The number of halogens is 1. The predicted molar refractivity (Wildman–Crippen MR) is 99.0 cm³/mol. The fourth-order valence-corrected chi connectivity index (χ4v) is 2.90. The van der Waals surface area contributed by atoms with Crippen LogP contribution in [0.4, 0.5) is 17.5 Å². The Bertz CT molecular complexity index is 729. The van der Waals surface area contributed by atoms with Crippen LogP contribution in [0.3, 0.4) is 0 Å². The first-order valence-corrected chi connectivity index (χ1v) is 8.73. The summed E-state index contributed by atoms with van der Waals surface area (Å²) in [5, 5.41) is 15.2. The van der Waals surface area contributed by atoms with Crippen molar-refractivity contribution in [3.8, 4) is 0 Å². The lowest BCUT2D eigenvalue weighted by atomic mass is 9.97. The van der Waals surface area contributed by atoms with E-state index in [1.807, 2.05) is 25.1 Å². The van der Waals surface area contributed by atoms with Crippen LogP contribution in [0.25, 0.3) is 0 Å². The Balaban J connectivity index is 1.57. The highest BCUT2D eigenvalue weighted by Crippen LogP contribution is 2.22. The normalized spacial score (nSPS) is 14.2. The monoisotopic (exact) mass is 343 g/mol. The third-order valence-electron chi connectivity index (χ3n) is 4.12. The molecule has 1 aromatic heterocycles. The largest absolute Gasteiger partial charge is 0.368 e. The van der Waals surface area contributed by atoms with Gasteiger partial charge < -0.3 is 10.6 Å². The lowest BCUT2D eigenvalue weighted by Gasteiger charge is -2.13. The number of aryl methyl sites for hydroxylation is 1. The second-order valence-corrected chi connectivity index (χ2v) is 6.45. The lowest BCUT2D eigenvalue weighted by molar-refractivity contribution is 0.679. The van der Waals surface area contributed by atoms with Crippen LogP contribution in [0.1, 0.15) is 37.7 Å². The summed E-state index contributed by atoms with van der Waals surface area (Å²) in [6.07, 6.45) is 10.2. The van der Waals surface area contributed by atoms with Gasteiger partial charge in [0.2, 0.25) is 5.95 Å². The highest BCUT2D eigenvalue weighted by molar-refractivity contribution is 6.31. The number of benzene rings is 1. The smallest absolute Gasteiger partial charge is 0.249 e. The summed E-state index contributed by atoms with van der Waals surface area (Å²) in [4.78, 5) is 4.44. The molecule has 1 aromatic carbocycles. The fraction of sp³-hybridized carbons (Fsp3) is 0.389. The van der Waals surface area contributed by atoms with E-state index in [1.165, 1.54) is 25.7 Å². The number of hydrogen-bond donors (Lipinski definition) is 2. The Morgan fingerprint density at radius 1 is 1.25 bits per heavy atom. The van der Waals surface area contributed by atoms with E-state index in [-0.39, 0.29) is 0 Å². The predicted octanol–water partition coefficient (Wildman–Crippen LogP) is 4.88. The number of aromatic nitrogens is 3. The van der Waals surface area contributed by atoms with Crippen molar-refractivity contribution in [1.82, 2.24) is 15.2 Å². The van der Waals surface area contributed by atoms with Gasteiger partial charge in [0, 0.05) is 17.3 Å². The number of nitrogens with zero attached hydrogens (tertiary/aromatic N) is 3. The molecule has 1 aliphatic rings. The lowest BCUT2D eigenvalue weighted by Crippen LogP contribution is -2.08. The van der Waals surface area contributed by atoms with E-state index >= 15 is 0 Å². The molecule has 6 heteroatoms. The molecule has 2 N–H and O–H groups in total. The van der Waals surface area contributed by atoms with Crippen LogP contribution in [0.5, 0.6) is 0 Å². The van der Waals surface area contributed by atoms with Crippen molar-refractivity contribution in [2.45, 2.75) is 39.0 Å². The third-order valence-corrected chi connectivity index (χ3v) is 4.53. The molecule has 0 saturated heterocycles. The SMILES string of the molecule is Cc1ccc(Nc2nncc(NCCC3=CCCCC3)n2)cc1Cl. The Hall–Kier alpha value is -2.14.